The van der Waals surface area contributed by atoms with Crippen LogP contribution in [-0.4, -0.2) is 56.3 Å². The number of likely N-dealkylation sites (tertiary alicyclic amines) is 1. The van der Waals surface area contributed by atoms with E-state index in [4.69, 9.17) is 16.6 Å². The lowest BCUT2D eigenvalue weighted by Crippen LogP contribution is -2.62. The van der Waals surface area contributed by atoms with Gasteiger partial charge in [-0.1, -0.05) is 30.0 Å². The van der Waals surface area contributed by atoms with E-state index >= 15 is 0 Å². The third-order valence-electron chi connectivity index (χ3n) is 7.39. The van der Waals surface area contributed by atoms with Gasteiger partial charge in [0.25, 0.3) is 5.91 Å². The van der Waals surface area contributed by atoms with Gasteiger partial charge in [-0.15, -0.1) is 0 Å². The monoisotopic (exact) mass is 508 g/mol. The molecular formula is C25H21FN4O3S2. The Morgan fingerprint density at radius 3 is 2.74 bits per heavy atom. The Morgan fingerprint density at radius 1 is 1.20 bits per heavy atom. The molecule has 2 fully saturated rings. The maximum absolute atomic E-state index is 14.7. The number of thioether (sulfide) groups is 1. The number of halogens is 1. The topological polar surface area (TPSA) is 69.9 Å². The number of thiocarbonyl (C=S) groups is 1. The number of carbonyl (C=O) groups excluding carboxylic acids is 2. The van der Waals surface area contributed by atoms with Gasteiger partial charge in [0.2, 0.25) is 5.91 Å². The lowest BCUT2D eigenvalue weighted by atomic mass is 9.72. The lowest BCUT2D eigenvalue weighted by Gasteiger charge is -2.42. The smallest absolute Gasteiger partial charge is 0.254 e. The SMILES string of the molecule is CN1C(=O)[C@@]2(c3cc(F)ccc31)N(C)C[C@@H](c1cccnc1)[C@@]21SC(=S)N(Cc2ccco2)C1=O. The van der Waals surface area contributed by atoms with Gasteiger partial charge in [-0.3, -0.25) is 24.4 Å². The fourth-order valence-corrected chi connectivity index (χ4v) is 8.07. The molecule has 5 heterocycles. The van der Waals surface area contributed by atoms with Gasteiger partial charge in [-0.05, 0) is 49.0 Å². The summed E-state index contributed by atoms with van der Waals surface area (Å²) >= 11 is 6.96. The predicted octanol–water partition coefficient (Wildman–Crippen LogP) is 3.51. The fourth-order valence-electron chi connectivity index (χ4n) is 5.95. The van der Waals surface area contributed by atoms with Crippen LogP contribution >= 0.6 is 24.0 Å². The highest BCUT2D eigenvalue weighted by molar-refractivity contribution is 8.25. The molecule has 0 N–H and O–H groups in total. The molecule has 3 aliphatic heterocycles. The Bertz CT molecular complexity index is 1370. The Hall–Kier alpha value is -3.08. The summed E-state index contributed by atoms with van der Waals surface area (Å²) in [6.07, 6.45) is 4.93. The quantitative estimate of drug-likeness (QED) is 0.502. The molecule has 0 saturated carbocycles. The van der Waals surface area contributed by atoms with Crippen molar-refractivity contribution in [2.24, 2.45) is 0 Å². The first-order valence-electron chi connectivity index (χ1n) is 11.1. The van der Waals surface area contributed by atoms with E-state index in [1.54, 1.807) is 43.9 Å². The summed E-state index contributed by atoms with van der Waals surface area (Å²) in [7, 11) is 3.48. The van der Waals surface area contributed by atoms with Gasteiger partial charge in [0.1, 0.15) is 20.6 Å². The second-order valence-corrected chi connectivity index (χ2v) is 10.9. The number of nitrogens with zero attached hydrogens (tertiary/aromatic N) is 4. The second kappa shape index (κ2) is 7.71. The maximum atomic E-state index is 14.7. The third kappa shape index (κ3) is 2.75. The van der Waals surface area contributed by atoms with Crippen LogP contribution in [0.25, 0.3) is 0 Å². The van der Waals surface area contributed by atoms with E-state index in [0.717, 1.165) is 5.56 Å². The van der Waals surface area contributed by atoms with Gasteiger partial charge in [-0.25, -0.2) is 4.39 Å². The molecule has 3 aliphatic rings. The van der Waals surface area contributed by atoms with Gasteiger partial charge in [-0.2, -0.15) is 0 Å². The van der Waals surface area contributed by atoms with Crippen molar-refractivity contribution in [2.75, 3.05) is 25.5 Å². The second-order valence-electron chi connectivity index (χ2n) is 9.03. The van der Waals surface area contributed by atoms with Crippen molar-refractivity contribution in [3.63, 3.8) is 0 Å². The number of fused-ring (bicyclic) bond motifs is 3. The minimum Gasteiger partial charge on any atom is -0.467 e. The number of aromatic nitrogens is 1. The van der Waals surface area contributed by atoms with Crippen LogP contribution in [0.2, 0.25) is 0 Å². The zero-order valence-electron chi connectivity index (χ0n) is 19.0. The van der Waals surface area contributed by atoms with Crippen LogP contribution in [0.4, 0.5) is 10.1 Å². The van der Waals surface area contributed by atoms with E-state index in [1.807, 2.05) is 24.1 Å². The molecule has 2 amide bonds. The minimum absolute atomic E-state index is 0.152. The Balaban J connectivity index is 1.62. The van der Waals surface area contributed by atoms with Crippen LogP contribution in [0, 0.1) is 5.82 Å². The first-order chi connectivity index (χ1) is 16.8. The molecule has 3 aromatic rings. The van der Waals surface area contributed by atoms with Crippen molar-refractivity contribution in [1.29, 1.82) is 0 Å². The van der Waals surface area contributed by atoms with Crippen molar-refractivity contribution in [3.05, 3.63) is 83.8 Å². The molecule has 10 heteroatoms. The molecule has 3 atom stereocenters. The molecular weight excluding hydrogens is 487 g/mol. The van der Waals surface area contributed by atoms with E-state index in [-0.39, 0.29) is 18.4 Å². The molecule has 1 aromatic carbocycles. The van der Waals surface area contributed by atoms with E-state index in [1.165, 1.54) is 33.7 Å². The first-order valence-corrected chi connectivity index (χ1v) is 12.3. The van der Waals surface area contributed by atoms with E-state index in [2.05, 4.69) is 4.98 Å². The van der Waals surface area contributed by atoms with Crippen LogP contribution in [0.3, 0.4) is 0 Å². The molecule has 0 unspecified atom stereocenters. The number of likely N-dealkylation sites (N-methyl/N-ethyl adjacent to an activating group) is 2. The molecule has 178 valence electrons. The van der Waals surface area contributed by atoms with Gasteiger partial charge < -0.3 is 9.32 Å². The predicted molar refractivity (Wildman–Crippen MR) is 133 cm³/mol. The highest BCUT2D eigenvalue weighted by Crippen LogP contribution is 2.66. The summed E-state index contributed by atoms with van der Waals surface area (Å²) in [5, 5.41) is 0. The van der Waals surface area contributed by atoms with Gasteiger partial charge in [0.15, 0.2) is 5.54 Å². The Labute approximate surface area is 210 Å². The summed E-state index contributed by atoms with van der Waals surface area (Å²) in [6, 6.07) is 11.6. The summed E-state index contributed by atoms with van der Waals surface area (Å²) in [5.41, 5.74) is 0.421. The summed E-state index contributed by atoms with van der Waals surface area (Å²) in [5.74, 6) is -0.885. The number of amides is 2. The number of hydrogen-bond acceptors (Lipinski definition) is 7. The molecule has 6 rings (SSSR count). The zero-order chi connectivity index (χ0) is 24.5. The summed E-state index contributed by atoms with van der Waals surface area (Å²) in [6.45, 7) is 0.538. The number of furan rings is 1. The van der Waals surface area contributed by atoms with Crippen LogP contribution in [-0.2, 0) is 21.7 Å². The van der Waals surface area contributed by atoms with Crippen molar-refractivity contribution in [3.8, 4) is 0 Å². The molecule has 0 bridgehead atoms. The number of carbonyl (C=O) groups is 2. The number of benzene rings is 1. The van der Waals surface area contributed by atoms with E-state index in [9.17, 15) is 14.0 Å². The highest BCUT2D eigenvalue weighted by Gasteiger charge is 2.78. The normalized spacial score (nSPS) is 28.2. The van der Waals surface area contributed by atoms with E-state index in [0.29, 0.717) is 27.9 Å². The van der Waals surface area contributed by atoms with Crippen LogP contribution in [0.1, 0.15) is 22.8 Å². The molecule has 2 aromatic heterocycles. The van der Waals surface area contributed by atoms with E-state index < -0.39 is 22.0 Å². The highest BCUT2D eigenvalue weighted by atomic mass is 32.2. The van der Waals surface area contributed by atoms with Crippen molar-refractivity contribution in [1.82, 2.24) is 14.8 Å². The van der Waals surface area contributed by atoms with Gasteiger partial charge in [0.05, 0.1) is 12.8 Å². The molecule has 7 nitrogen and oxygen atoms in total. The van der Waals surface area contributed by atoms with Crippen molar-refractivity contribution in [2.45, 2.75) is 22.7 Å². The lowest BCUT2D eigenvalue weighted by molar-refractivity contribution is -0.139. The van der Waals surface area contributed by atoms with Crippen LogP contribution < -0.4 is 4.90 Å². The zero-order valence-corrected chi connectivity index (χ0v) is 20.6. The molecule has 2 saturated heterocycles. The number of anilines is 1. The Kier molecular flexibility index (Phi) is 4.93. The van der Waals surface area contributed by atoms with Gasteiger partial charge >= 0.3 is 0 Å². The number of pyridine rings is 1. The molecule has 0 aliphatic carbocycles. The summed E-state index contributed by atoms with van der Waals surface area (Å²) in [4.78, 5) is 38.0. The van der Waals surface area contributed by atoms with Gasteiger partial charge in [0, 0.05) is 43.2 Å². The van der Waals surface area contributed by atoms with Crippen molar-refractivity contribution < 1.29 is 18.4 Å². The average molecular weight is 509 g/mol. The maximum Gasteiger partial charge on any atom is 0.254 e. The number of rotatable bonds is 3. The molecule has 0 radical (unpaired) electrons. The average Bonchev–Trinajstić information content (AvgIpc) is 3.57. The third-order valence-corrected chi connectivity index (χ3v) is 9.34. The first kappa shape index (κ1) is 22.4. The Morgan fingerprint density at radius 2 is 2.03 bits per heavy atom. The largest absolute Gasteiger partial charge is 0.467 e. The minimum atomic E-state index is -1.45. The fraction of sp³-hybridized carbons (Fsp3) is 0.280. The molecule has 35 heavy (non-hydrogen) atoms. The number of hydrogen-bond donors (Lipinski definition) is 0. The van der Waals surface area contributed by atoms with Crippen LogP contribution in [0.5, 0.6) is 0 Å². The standard InChI is InChI=1S/C25H21FN4O3S2/c1-28-14-19(15-5-3-9-27-12-15)25(22(32)30(23(34)35-25)13-17-6-4-10-33-17)24(28)18-11-16(26)7-8-20(18)29(2)21(24)31/h3-12,19H,13-14H2,1-2H3/t19-,24+,25-/m0/s1. The van der Waals surface area contributed by atoms with Crippen molar-refractivity contribution >= 4 is 45.8 Å². The molecule has 2 spiro atoms. The summed E-state index contributed by atoms with van der Waals surface area (Å²) < 4.78 is 19.2. The van der Waals surface area contributed by atoms with Crippen LogP contribution in [0.15, 0.2) is 65.5 Å².